The van der Waals surface area contributed by atoms with E-state index in [2.05, 4.69) is 0 Å². The molecule has 90 valence electrons. The van der Waals surface area contributed by atoms with Crippen molar-refractivity contribution in [3.63, 3.8) is 0 Å². The Balaban J connectivity index is 0.00000106. The van der Waals surface area contributed by atoms with Crippen LogP contribution in [0, 0.1) is 6.92 Å². The van der Waals surface area contributed by atoms with Crippen LogP contribution in [0.3, 0.4) is 0 Å². The minimum atomic E-state index is -0.431. The third-order valence-electron chi connectivity index (χ3n) is 1.76. The van der Waals surface area contributed by atoms with Gasteiger partial charge in [-0.05, 0) is 39.3 Å². The van der Waals surface area contributed by atoms with Crippen molar-refractivity contribution < 1.29 is 9.53 Å². The molecule has 1 aromatic rings. The highest BCUT2D eigenvalue weighted by Crippen LogP contribution is 2.14. The second kappa shape index (κ2) is 6.31. The summed E-state index contributed by atoms with van der Waals surface area (Å²) >= 11 is 0. The number of hydrogen-bond donors (Lipinski definition) is 0. The summed E-state index contributed by atoms with van der Waals surface area (Å²) < 4.78 is 5.27. The highest BCUT2D eigenvalue weighted by Gasteiger charge is 2.18. The van der Waals surface area contributed by atoms with Gasteiger partial charge in [0.2, 0.25) is 0 Å². The molecule has 0 atom stereocenters. The number of carbonyl (C=O) groups is 1. The lowest BCUT2D eigenvalue weighted by molar-refractivity contribution is 0.00688. The average molecular weight is 222 g/mol. The Morgan fingerprint density at radius 1 is 1.12 bits per heavy atom. The van der Waals surface area contributed by atoms with Crippen LogP contribution in [0.1, 0.15) is 50.5 Å². The largest absolute Gasteiger partial charge is 0.456 e. The third-order valence-corrected chi connectivity index (χ3v) is 1.76. The molecular weight excluding hydrogens is 200 g/mol. The summed E-state index contributed by atoms with van der Waals surface area (Å²) in [6.45, 7) is 11.5. The molecule has 0 radical (unpaired) electrons. The summed E-state index contributed by atoms with van der Waals surface area (Å²) in [7, 11) is 0. The first-order chi connectivity index (χ1) is 7.40. The van der Waals surface area contributed by atoms with E-state index in [1.165, 1.54) is 0 Å². The first-order valence-corrected chi connectivity index (χ1v) is 5.69. The molecule has 16 heavy (non-hydrogen) atoms. The molecule has 0 saturated heterocycles. The smallest absolute Gasteiger partial charge is 0.338 e. The third kappa shape index (κ3) is 4.96. The lowest BCUT2D eigenvalue weighted by Gasteiger charge is -2.20. The zero-order valence-electron chi connectivity index (χ0n) is 11.1. The van der Waals surface area contributed by atoms with Crippen LogP contribution in [-0.2, 0) is 4.74 Å². The predicted molar refractivity (Wildman–Crippen MR) is 67.7 cm³/mol. The molecule has 0 amide bonds. The van der Waals surface area contributed by atoms with E-state index in [9.17, 15) is 4.79 Å². The summed E-state index contributed by atoms with van der Waals surface area (Å²) in [5, 5.41) is 0. The molecule has 0 bridgehead atoms. The van der Waals surface area contributed by atoms with Crippen molar-refractivity contribution in [2.75, 3.05) is 0 Å². The first-order valence-electron chi connectivity index (χ1n) is 5.69. The molecule has 0 aliphatic heterocycles. The van der Waals surface area contributed by atoms with Gasteiger partial charge in [-0.15, -0.1) is 0 Å². The van der Waals surface area contributed by atoms with Gasteiger partial charge in [-0.1, -0.05) is 32.0 Å². The summed E-state index contributed by atoms with van der Waals surface area (Å²) in [4.78, 5) is 11.7. The number of esters is 1. The Morgan fingerprint density at radius 2 is 1.62 bits per heavy atom. The molecular formula is C14H22O2. The fourth-order valence-electron chi connectivity index (χ4n) is 1.13. The summed E-state index contributed by atoms with van der Waals surface area (Å²) in [5.41, 5.74) is 1.16. The van der Waals surface area contributed by atoms with Gasteiger partial charge in [0.05, 0.1) is 5.56 Å². The maximum atomic E-state index is 11.7. The van der Waals surface area contributed by atoms with Crippen LogP contribution in [-0.4, -0.2) is 11.6 Å². The van der Waals surface area contributed by atoms with Gasteiger partial charge < -0.3 is 4.74 Å². The molecule has 0 aliphatic carbocycles. The second-order valence-corrected chi connectivity index (χ2v) is 4.32. The standard InChI is InChI=1S/C12H16O2.C2H6/c1-9-7-5-6-8-10(9)11(13)14-12(2,3)4;1-2/h5-8H,1-4H3;1-2H3. The van der Waals surface area contributed by atoms with E-state index in [-0.39, 0.29) is 5.97 Å². The Hall–Kier alpha value is -1.31. The van der Waals surface area contributed by atoms with E-state index in [0.717, 1.165) is 5.56 Å². The number of ether oxygens (including phenoxy) is 1. The highest BCUT2D eigenvalue weighted by molar-refractivity contribution is 5.91. The maximum Gasteiger partial charge on any atom is 0.338 e. The van der Waals surface area contributed by atoms with Gasteiger partial charge in [0.15, 0.2) is 0 Å². The van der Waals surface area contributed by atoms with Crippen LogP contribution >= 0.6 is 0 Å². The highest BCUT2D eigenvalue weighted by atomic mass is 16.6. The molecule has 0 spiro atoms. The quantitative estimate of drug-likeness (QED) is 0.672. The summed E-state index contributed by atoms with van der Waals surface area (Å²) in [5.74, 6) is -0.254. The van der Waals surface area contributed by atoms with Gasteiger partial charge in [0.1, 0.15) is 5.60 Å². The normalized spacial score (nSPS) is 10.1. The molecule has 2 nitrogen and oxygen atoms in total. The number of benzene rings is 1. The minimum Gasteiger partial charge on any atom is -0.456 e. The average Bonchev–Trinajstić information content (AvgIpc) is 2.18. The fraction of sp³-hybridized carbons (Fsp3) is 0.500. The predicted octanol–water partition coefficient (Wildman–Crippen LogP) is 3.98. The van der Waals surface area contributed by atoms with Crippen LogP contribution < -0.4 is 0 Å². The Morgan fingerprint density at radius 3 is 2.06 bits per heavy atom. The van der Waals surface area contributed by atoms with Gasteiger partial charge in [-0.3, -0.25) is 0 Å². The Bertz CT molecular complexity index is 335. The maximum absolute atomic E-state index is 11.7. The van der Waals surface area contributed by atoms with Crippen molar-refractivity contribution in [1.82, 2.24) is 0 Å². The van der Waals surface area contributed by atoms with Crippen LogP contribution in [0.2, 0.25) is 0 Å². The monoisotopic (exact) mass is 222 g/mol. The number of aryl methyl sites for hydroxylation is 1. The van der Waals surface area contributed by atoms with Gasteiger partial charge in [-0.2, -0.15) is 0 Å². The first kappa shape index (κ1) is 14.7. The summed E-state index contributed by atoms with van der Waals surface area (Å²) in [6, 6.07) is 7.43. The van der Waals surface area contributed by atoms with Crippen LogP contribution in [0.5, 0.6) is 0 Å². The molecule has 0 fully saturated rings. The molecule has 0 aromatic heterocycles. The Kier molecular flexibility index (Phi) is 5.79. The van der Waals surface area contributed by atoms with E-state index >= 15 is 0 Å². The fourth-order valence-corrected chi connectivity index (χ4v) is 1.13. The lowest BCUT2D eigenvalue weighted by Crippen LogP contribution is -2.24. The molecule has 0 heterocycles. The van der Waals surface area contributed by atoms with E-state index in [1.54, 1.807) is 6.07 Å². The molecule has 0 saturated carbocycles. The van der Waals surface area contributed by atoms with Gasteiger partial charge >= 0.3 is 5.97 Å². The molecule has 1 rings (SSSR count). The van der Waals surface area contributed by atoms with Gasteiger partial charge in [-0.25, -0.2) is 4.79 Å². The van der Waals surface area contributed by atoms with E-state index in [1.807, 2.05) is 59.7 Å². The van der Waals surface area contributed by atoms with Crippen LogP contribution in [0.4, 0.5) is 0 Å². The van der Waals surface area contributed by atoms with Crippen LogP contribution in [0.25, 0.3) is 0 Å². The van der Waals surface area contributed by atoms with Crippen molar-refractivity contribution in [3.8, 4) is 0 Å². The van der Waals surface area contributed by atoms with E-state index < -0.39 is 5.60 Å². The molecule has 0 unspecified atom stereocenters. The van der Waals surface area contributed by atoms with Crippen molar-refractivity contribution in [2.24, 2.45) is 0 Å². The van der Waals surface area contributed by atoms with Crippen molar-refractivity contribution >= 4 is 5.97 Å². The second-order valence-electron chi connectivity index (χ2n) is 4.32. The molecule has 0 aliphatic rings. The topological polar surface area (TPSA) is 26.3 Å². The number of rotatable bonds is 1. The van der Waals surface area contributed by atoms with Gasteiger partial charge in [0.25, 0.3) is 0 Å². The zero-order chi connectivity index (χ0) is 12.8. The number of hydrogen-bond acceptors (Lipinski definition) is 2. The lowest BCUT2D eigenvalue weighted by atomic mass is 10.1. The zero-order valence-corrected chi connectivity index (χ0v) is 11.1. The van der Waals surface area contributed by atoms with Crippen molar-refractivity contribution in [1.29, 1.82) is 0 Å². The minimum absolute atomic E-state index is 0.254. The van der Waals surface area contributed by atoms with Crippen molar-refractivity contribution in [2.45, 2.75) is 47.1 Å². The van der Waals surface area contributed by atoms with Crippen LogP contribution in [0.15, 0.2) is 24.3 Å². The molecule has 1 aromatic carbocycles. The van der Waals surface area contributed by atoms with E-state index in [0.29, 0.717) is 5.56 Å². The molecule has 2 heteroatoms. The van der Waals surface area contributed by atoms with Gasteiger partial charge in [0, 0.05) is 0 Å². The number of carbonyl (C=O) groups excluding carboxylic acids is 1. The molecule has 0 N–H and O–H groups in total. The van der Waals surface area contributed by atoms with Crippen molar-refractivity contribution in [3.05, 3.63) is 35.4 Å². The summed E-state index contributed by atoms with van der Waals surface area (Å²) in [6.07, 6.45) is 0. The SMILES string of the molecule is CC.Cc1ccccc1C(=O)OC(C)(C)C. The van der Waals surface area contributed by atoms with E-state index in [4.69, 9.17) is 4.74 Å². The Labute approximate surface area is 98.6 Å².